The number of carbonyl (C=O) groups excluding carboxylic acids is 1. The number of nitrogens with one attached hydrogen (secondary N) is 2. The van der Waals surface area contributed by atoms with E-state index >= 15 is 0 Å². The summed E-state index contributed by atoms with van der Waals surface area (Å²) in [5.41, 5.74) is 0.158. The number of anilines is 1. The van der Waals surface area contributed by atoms with Gasteiger partial charge in [0.05, 0.1) is 5.69 Å². The van der Waals surface area contributed by atoms with Gasteiger partial charge in [0, 0.05) is 30.6 Å². The Morgan fingerprint density at radius 1 is 1.44 bits per heavy atom. The van der Waals surface area contributed by atoms with E-state index in [9.17, 15) is 13.6 Å². The van der Waals surface area contributed by atoms with Gasteiger partial charge in [0.1, 0.15) is 11.6 Å². The summed E-state index contributed by atoms with van der Waals surface area (Å²) in [6, 6.07) is 1.94. The molecule has 2 N–H and O–H groups in total. The summed E-state index contributed by atoms with van der Waals surface area (Å²) in [7, 11) is 1.52. The summed E-state index contributed by atoms with van der Waals surface area (Å²) in [6.07, 6.45) is 0.222. The van der Waals surface area contributed by atoms with Gasteiger partial charge < -0.3 is 10.6 Å². The van der Waals surface area contributed by atoms with Crippen molar-refractivity contribution >= 4 is 27.5 Å². The average Bonchev–Trinajstić information content (AvgIpc) is 2.21. The number of hydrogen-bond acceptors (Lipinski definition) is 2. The van der Waals surface area contributed by atoms with E-state index in [1.54, 1.807) is 0 Å². The molecule has 1 rings (SSSR count). The molecule has 0 saturated heterocycles. The SMILES string of the molecule is CNC(=O)CCNc1c(F)cc(F)cc1Br. The Morgan fingerprint density at radius 3 is 2.69 bits per heavy atom. The van der Waals surface area contributed by atoms with Gasteiger partial charge in [-0.3, -0.25) is 4.79 Å². The molecule has 1 aromatic rings. The monoisotopic (exact) mass is 292 g/mol. The maximum atomic E-state index is 13.3. The summed E-state index contributed by atoms with van der Waals surface area (Å²) >= 11 is 3.04. The molecule has 0 aliphatic rings. The predicted octanol–water partition coefficient (Wildman–Crippen LogP) is 2.28. The highest BCUT2D eigenvalue weighted by Gasteiger charge is 2.09. The Balaban J connectivity index is 2.64. The smallest absolute Gasteiger partial charge is 0.221 e. The van der Waals surface area contributed by atoms with Crippen LogP contribution in [-0.2, 0) is 4.79 Å². The van der Waals surface area contributed by atoms with Gasteiger partial charge in [0.25, 0.3) is 0 Å². The van der Waals surface area contributed by atoms with Crippen LogP contribution in [0.15, 0.2) is 16.6 Å². The van der Waals surface area contributed by atoms with Gasteiger partial charge in [-0.2, -0.15) is 0 Å². The number of halogens is 3. The molecule has 6 heteroatoms. The summed E-state index contributed by atoms with van der Waals surface area (Å²) < 4.78 is 26.3. The van der Waals surface area contributed by atoms with Crippen molar-refractivity contribution in [3.05, 3.63) is 28.2 Å². The molecule has 0 aromatic heterocycles. The molecule has 3 nitrogen and oxygen atoms in total. The standard InChI is InChI=1S/C10H11BrF2N2O/c1-14-9(16)2-3-15-10-7(11)4-6(12)5-8(10)13/h4-5,15H,2-3H2,1H3,(H,14,16). The molecule has 16 heavy (non-hydrogen) atoms. The van der Waals surface area contributed by atoms with Gasteiger partial charge in [0.2, 0.25) is 5.91 Å². The first-order valence-corrected chi connectivity index (χ1v) is 5.43. The Morgan fingerprint density at radius 2 is 2.12 bits per heavy atom. The Hall–Kier alpha value is -1.17. The molecular formula is C10H11BrF2N2O. The lowest BCUT2D eigenvalue weighted by atomic mass is 10.3. The Kier molecular flexibility index (Phi) is 4.67. The summed E-state index contributed by atoms with van der Waals surface area (Å²) in [6.45, 7) is 0.279. The average molecular weight is 293 g/mol. The third kappa shape index (κ3) is 3.44. The second-order valence-corrected chi connectivity index (χ2v) is 3.95. The van der Waals surface area contributed by atoms with Crippen molar-refractivity contribution in [2.45, 2.75) is 6.42 Å². The van der Waals surface area contributed by atoms with Crippen molar-refractivity contribution in [3.8, 4) is 0 Å². The molecule has 0 spiro atoms. The van der Waals surface area contributed by atoms with Crippen LogP contribution < -0.4 is 10.6 Å². The maximum absolute atomic E-state index is 13.3. The van der Waals surface area contributed by atoms with Crippen LogP contribution in [0.3, 0.4) is 0 Å². The van der Waals surface area contributed by atoms with Crippen LogP contribution in [0.5, 0.6) is 0 Å². The fourth-order valence-electron chi connectivity index (χ4n) is 1.14. The van der Waals surface area contributed by atoms with E-state index in [0.29, 0.717) is 4.47 Å². The number of benzene rings is 1. The van der Waals surface area contributed by atoms with Crippen molar-refractivity contribution in [2.75, 3.05) is 18.9 Å². The van der Waals surface area contributed by atoms with Crippen LogP contribution in [0.4, 0.5) is 14.5 Å². The molecule has 0 fully saturated rings. The zero-order valence-corrected chi connectivity index (χ0v) is 10.2. The van der Waals surface area contributed by atoms with Gasteiger partial charge in [-0.05, 0) is 22.0 Å². The minimum atomic E-state index is -0.691. The van der Waals surface area contributed by atoms with E-state index in [1.807, 2.05) is 0 Å². The van der Waals surface area contributed by atoms with E-state index < -0.39 is 11.6 Å². The third-order valence-electron chi connectivity index (χ3n) is 1.94. The first-order chi connectivity index (χ1) is 7.54. The third-order valence-corrected chi connectivity index (χ3v) is 2.56. The van der Waals surface area contributed by atoms with E-state index in [2.05, 4.69) is 26.6 Å². The second-order valence-electron chi connectivity index (χ2n) is 3.09. The zero-order chi connectivity index (χ0) is 12.1. The number of amides is 1. The van der Waals surface area contributed by atoms with Gasteiger partial charge in [-0.15, -0.1) is 0 Å². The molecule has 1 amide bonds. The summed E-state index contributed by atoms with van der Waals surface area (Å²) in [5.74, 6) is -1.49. The lowest BCUT2D eigenvalue weighted by molar-refractivity contribution is -0.120. The highest BCUT2D eigenvalue weighted by molar-refractivity contribution is 9.10. The minimum absolute atomic E-state index is 0.147. The van der Waals surface area contributed by atoms with Crippen LogP contribution in [0.25, 0.3) is 0 Å². The largest absolute Gasteiger partial charge is 0.381 e. The van der Waals surface area contributed by atoms with E-state index in [4.69, 9.17) is 0 Å². The normalized spacial score (nSPS) is 10.0. The van der Waals surface area contributed by atoms with Crippen molar-refractivity contribution in [2.24, 2.45) is 0 Å². The highest BCUT2D eigenvalue weighted by Crippen LogP contribution is 2.26. The van der Waals surface area contributed by atoms with Gasteiger partial charge in [-0.25, -0.2) is 8.78 Å². The van der Waals surface area contributed by atoms with Crippen LogP contribution >= 0.6 is 15.9 Å². The predicted molar refractivity (Wildman–Crippen MR) is 61.2 cm³/mol. The van der Waals surface area contributed by atoms with E-state index in [0.717, 1.165) is 12.1 Å². The molecule has 0 atom stereocenters. The first-order valence-electron chi connectivity index (χ1n) is 4.63. The van der Waals surface area contributed by atoms with E-state index in [1.165, 1.54) is 7.05 Å². The zero-order valence-electron chi connectivity index (χ0n) is 8.61. The first kappa shape index (κ1) is 12.9. The summed E-state index contributed by atoms with van der Waals surface area (Å²) in [4.78, 5) is 10.9. The lowest BCUT2D eigenvalue weighted by Crippen LogP contribution is -2.21. The molecular weight excluding hydrogens is 282 g/mol. The lowest BCUT2D eigenvalue weighted by Gasteiger charge is -2.09. The molecule has 0 bridgehead atoms. The quantitative estimate of drug-likeness (QED) is 0.894. The minimum Gasteiger partial charge on any atom is -0.381 e. The van der Waals surface area contributed by atoms with Crippen LogP contribution in [0.2, 0.25) is 0 Å². The molecule has 88 valence electrons. The maximum Gasteiger partial charge on any atom is 0.221 e. The molecule has 0 aliphatic carbocycles. The molecule has 1 aromatic carbocycles. The Bertz CT molecular complexity index is 375. The van der Waals surface area contributed by atoms with Gasteiger partial charge in [0.15, 0.2) is 0 Å². The number of carbonyl (C=O) groups is 1. The molecule has 0 aliphatic heterocycles. The molecule has 0 unspecified atom stereocenters. The fraction of sp³-hybridized carbons (Fsp3) is 0.300. The van der Waals surface area contributed by atoms with Crippen molar-refractivity contribution in [3.63, 3.8) is 0 Å². The van der Waals surface area contributed by atoms with Crippen LogP contribution in [0, 0.1) is 11.6 Å². The molecule has 0 saturated carbocycles. The molecule has 0 heterocycles. The topological polar surface area (TPSA) is 41.1 Å². The van der Waals surface area contributed by atoms with Crippen molar-refractivity contribution in [1.82, 2.24) is 5.32 Å². The van der Waals surface area contributed by atoms with Gasteiger partial charge in [-0.1, -0.05) is 0 Å². The number of rotatable bonds is 4. The van der Waals surface area contributed by atoms with Crippen LogP contribution in [-0.4, -0.2) is 19.5 Å². The van der Waals surface area contributed by atoms with Crippen LogP contribution in [0.1, 0.15) is 6.42 Å². The number of hydrogen-bond donors (Lipinski definition) is 2. The van der Waals surface area contributed by atoms with Crippen molar-refractivity contribution in [1.29, 1.82) is 0 Å². The van der Waals surface area contributed by atoms with E-state index in [-0.39, 0.29) is 24.6 Å². The van der Waals surface area contributed by atoms with Crippen molar-refractivity contribution < 1.29 is 13.6 Å². The van der Waals surface area contributed by atoms with Gasteiger partial charge >= 0.3 is 0 Å². The highest BCUT2D eigenvalue weighted by atomic mass is 79.9. The Labute approximate surface area is 100 Å². The fourth-order valence-corrected chi connectivity index (χ4v) is 1.69. The second kappa shape index (κ2) is 5.79. The molecule has 0 radical (unpaired) electrons. The summed E-state index contributed by atoms with van der Waals surface area (Å²) in [5, 5.41) is 5.17.